The predicted molar refractivity (Wildman–Crippen MR) is 70.4 cm³/mol. The van der Waals surface area contributed by atoms with E-state index in [1.165, 1.54) is 16.7 Å². The van der Waals surface area contributed by atoms with Gasteiger partial charge in [-0.25, -0.2) is 0 Å². The molecule has 0 radical (unpaired) electrons. The minimum atomic E-state index is 0.424. The second kappa shape index (κ2) is 4.41. The lowest BCUT2D eigenvalue weighted by atomic mass is 10.1. The molecular formula is C13H16N4. The monoisotopic (exact) mass is 228 g/mol. The van der Waals surface area contributed by atoms with Crippen LogP contribution in [-0.4, -0.2) is 10.2 Å². The molecule has 0 bridgehead atoms. The van der Waals surface area contributed by atoms with E-state index >= 15 is 0 Å². The zero-order valence-electron chi connectivity index (χ0n) is 10.3. The molecule has 0 saturated carbocycles. The van der Waals surface area contributed by atoms with Crippen molar-refractivity contribution in [2.45, 2.75) is 20.8 Å². The molecule has 4 heteroatoms. The van der Waals surface area contributed by atoms with Crippen molar-refractivity contribution in [1.82, 2.24) is 10.2 Å². The highest BCUT2D eigenvalue weighted by Gasteiger charge is 2.05. The van der Waals surface area contributed by atoms with Gasteiger partial charge in [0.1, 0.15) is 5.82 Å². The Labute approximate surface area is 101 Å². The van der Waals surface area contributed by atoms with Crippen molar-refractivity contribution in [3.63, 3.8) is 0 Å². The molecule has 0 unspecified atom stereocenters. The molecule has 0 spiro atoms. The van der Waals surface area contributed by atoms with Crippen molar-refractivity contribution in [1.29, 1.82) is 0 Å². The largest absolute Gasteiger partial charge is 0.382 e. The first-order valence-corrected chi connectivity index (χ1v) is 5.50. The average molecular weight is 228 g/mol. The van der Waals surface area contributed by atoms with Crippen LogP contribution in [0.4, 0.5) is 17.3 Å². The Morgan fingerprint density at radius 1 is 1.00 bits per heavy atom. The van der Waals surface area contributed by atoms with Gasteiger partial charge in [-0.15, -0.1) is 10.2 Å². The first kappa shape index (κ1) is 11.4. The lowest BCUT2D eigenvalue weighted by molar-refractivity contribution is 1.04. The van der Waals surface area contributed by atoms with Gasteiger partial charge in [0, 0.05) is 5.69 Å². The van der Waals surface area contributed by atoms with Crippen molar-refractivity contribution in [2.24, 2.45) is 0 Å². The van der Waals surface area contributed by atoms with Crippen molar-refractivity contribution in [3.05, 3.63) is 41.0 Å². The fourth-order valence-electron chi connectivity index (χ4n) is 1.91. The van der Waals surface area contributed by atoms with Gasteiger partial charge >= 0.3 is 0 Å². The Hall–Kier alpha value is -2.10. The van der Waals surface area contributed by atoms with Crippen LogP contribution in [-0.2, 0) is 0 Å². The summed E-state index contributed by atoms with van der Waals surface area (Å²) in [4.78, 5) is 0. The maximum atomic E-state index is 5.50. The molecule has 0 atom stereocenters. The normalized spacial score (nSPS) is 10.3. The number of nitrogens with one attached hydrogen (secondary N) is 1. The summed E-state index contributed by atoms with van der Waals surface area (Å²) in [6.07, 6.45) is 0. The van der Waals surface area contributed by atoms with Crippen LogP contribution < -0.4 is 11.1 Å². The zero-order chi connectivity index (χ0) is 12.4. The summed E-state index contributed by atoms with van der Waals surface area (Å²) in [6, 6.07) is 7.83. The van der Waals surface area contributed by atoms with E-state index in [4.69, 9.17) is 5.73 Å². The van der Waals surface area contributed by atoms with Gasteiger partial charge < -0.3 is 11.1 Å². The third-order valence-electron chi connectivity index (χ3n) is 2.62. The highest BCUT2D eigenvalue weighted by molar-refractivity contribution is 5.65. The average Bonchev–Trinajstić information content (AvgIpc) is 2.26. The van der Waals surface area contributed by atoms with E-state index in [1.54, 1.807) is 6.07 Å². The number of nitrogens with two attached hydrogens (primary N) is 1. The van der Waals surface area contributed by atoms with Gasteiger partial charge in [0.15, 0.2) is 5.82 Å². The summed E-state index contributed by atoms with van der Waals surface area (Å²) in [5, 5.41) is 11.1. The van der Waals surface area contributed by atoms with Gasteiger partial charge in [-0.3, -0.25) is 0 Å². The highest BCUT2D eigenvalue weighted by atomic mass is 15.2. The number of anilines is 3. The summed E-state index contributed by atoms with van der Waals surface area (Å²) in [6.45, 7) is 6.24. The van der Waals surface area contributed by atoms with Crippen LogP contribution >= 0.6 is 0 Å². The quantitative estimate of drug-likeness (QED) is 0.829. The first-order chi connectivity index (χ1) is 8.06. The van der Waals surface area contributed by atoms with Gasteiger partial charge in [-0.05, 0) is 44.0 Å². The minimum absolute atomic E-state index is 0.424. The van der Waals surface area contributed by atoms with E-state index in [1.807, 2.05) is 6.07 Å². The fraction of sp³-hybridized carbons (Fsp3) is 0.231. The SMILES string of the molecule is Cc1cc(C)c(Nc2ccc(N)nn2)c(C)c1. The molecule has 17 heavy (non-hydrogen) atoms. The summed E-state index contributed by atoms with van der Waals surface area (Å²) in [7, 11) is 0. The number of hydrogen-bond donors (Lipinski definition) is 2. The number of hydrogen-bond acceptors (Lipinski definition) is 4. The van der Waals surface area contributed by atoms with E-state index in [0.717, 1.165) is 5.69 Å². The van der Waals surface area contributed by atoms with Gasteiger partial charge in [0.25, 0.3) is 0 Å². The summed E-state index contributed by atoms with van der Waals surface area (Å²) in [5.41, 5.74) is 10.2. The van der Waals surface area contributed by atoms with Crippen LogP contribution in [0.5, 0.6) is 0 Å². The third-order valence-corrected chi connectivity index (χ3v) is 2.62. The highest BCUT2D eigenvalue weighted by Crippen LogP contribution is 2.24. The standard InChI is InChI=1S/C13H16N4/c1-8-6-9(2)13(10(3)7-8)15-12-5-4-11(14)16-17-12/h4-7H,1-3H3,(H2,14,16)(H,15,17). The molecule has 1 heterocycles. The van der Waals surface area contributed by atoms with Crippen LogP contribution in [0.3, 0.4) is 0 Å². The van der Waals surface area contributed by atoms with E-state index < -0.39 is 0 Å². The molecule has 3 N–H and O–H groups in total. The Morgan fingerprint density at radius 3 is 2.18 bits per heavy atom. The van der Waals surface area contributed by atoms with Crippen LogP contribution in [0.25, 0.3) is 0 Å². The zero-order valence-corrected chi connectivity index (χ0v) is 10.3. The van der Waals surface area contributed by atoms with Crippen molar-refractivity contribution < 1.29 is 0 Å². The summed E-state index contributed by atoms with van der Waals surface area (Å²) >= 11 is 0. The molecule has 0 amide bonds. The molecule has 0 saturated heterocycles. The topological polar surface area (TPSA) is 63.8 Å². The Bertz CT molecular complexity index is 509. The summed E-state index contributed by atoms with van der Waals surface area (Å²) < 4.78 is 0. The molecule has 0 aliphatic carbocycles. The molecular weight excluding hydrogens is 212 g/mol. The number of nitrogen functional groups attached to an aromatic ring is 1. The van der Waals surface area contributed by atoms with Crippen LogP contribution in [0.15, 0.2) is 24.3 Å². The first-order valence-electron chi connectivity index (χ1n) is 5.50. The van der Waals surface area contributed by atoms with Gasteiger partial charge in [-0.1, -0.05) is 17.7 Å². The van der Waals surface area contributed by atoms with Crippen molar-refractivity contribution >= 4 is 17.3 Å². The lowest BCUT2D eigenvalue weighted by Gasteiger charge is -2.12. The molecule has 2 rings (SSSR count). The molecule has 0 aliphatic heterocycles. The van der Waals surface area contributed by atoms with Crippen molar-refractivity contribution in [2.75, 3.05) is 11.1 Å². The maximum absolute atomic E-state index is 5.50. The molecule has 2 aromatic rings. The van der Waals surface area contributed by atoms with E-state index in [9.17, 15) is 0 Å². The van der Waals surface area contributed by atoms with Gasteiger partial charge in [0.2, 0.25) is 0 Å². The van der Waals surface area contributed by atoms with Crippen LogP contribution in [0, 0.1) is 20.8 Å². The summed E-state index contributed by atoms with van der Waals surface area (Å²) in [5.74, 6) is 1.13. The van der Waals surface area contributed by atoms with E-state index in [2.05, 4.69) is 48.4 Å². The Balaban J connectivity index is 2.33. The Kier molecular flexibility index (Phi) is 2.95. The molecule has 88 valence electrons. The number of nitrogens with zero attached hydrogens (tertiary/aromatic N) is 2. The van der Waals surface area contributed by atoms with Crippen molar-refractivity contribution in [3.8, 4) is 0 Å². The minimum Gasteiger partial charge on any atom is -0.382 e. The molecule has 1 aromatic carbocycles. The number of aryl methyl sites for hydroxylation is 3. The smallest absolute Gasteiger partial charge is 0.153 e. The van der Waals surface area contributed by atoms with E-state index in [-0.39, 0.29) is 0 Å². The molecule has 4 nitrogen and oxygen atoms in total. The third kappa shape index (κ3) is 2.53. The predicted octanol–water partition coefficient (Wildman–Crippen LogP) is 2.73. The second-order valence-electron chi connectivity index (χ2n) is 4.24. The number of benzene rings is 1. The maximum Gasteiger partial charge on any atom is 0.153 e. The second-order valence-corrected chi connectivity index (χ2v) is 4.24. The number of rotatable bonds is 2. The molecule has 1 aromatic heterocycles. The molecule has 0 fully saturated rings. The molecule has 0 aliphatic rings. The number of aromatic nitrogens is 2. The fourth-order valence-corrected chi connectivity index (χ4v) is 1.91. The lowest BCUT2D eigenvalue weighted by Crippen LogP contribution is -2.01. The van der Waals surface area contributed by atoms with Crippen LogP contribution in [0.2, 0.25) is 0 Å². The van der Waals surface area contributed by atoms with Gasteiger partial charge in [-0.2, -0.15) is 0 Å². The van der Waals surface area contributed by atoms with E-state index in [0.29, 0.717) is 11.6 Å². The van der Waals surface area contributed by atoms with Gasteiger partial charge in [0.05, 0.1) is 0 Å². The van der Waals surface area contributed by atoms with Crippen LogP contribution in [0.1, 0.15) is 16.7 Å². The Morgan fingerprint density at radius 2 is 1.65 bits per heavy atom.